The van der Waals surface area contributed by atoms with E-state index >= 15 is 0 Å². The normalized spacial score (nSPS) is 18.2. The fourth-order valence-corrected chi connectivity index (χ4v) is 2.71. The van der Waals surface area contributed by atoms with Crippen molar-refractivity contribution in [3.05, 3.63) is 46.9 Å². The number of amides is 1. The third-order valence-electron chi connectivity index (χ3n) is 3.90. The predicted octanol–water partition coefficient (Wildman–Crippen LogP) is 3.17. The molecule has 9 heteroatoms. The summed E-state index contributed by atoms with van der Waals surface area (Å²) >= 11 is 0. The maximum Gasteiger partial charge on any atom is 0.419 e. The van der Waals surface area contributed by atoms with Gasteiger partial charge in [0.15, 0.2) is 5.82 Å². The van der Waals surface area contributed by atoms with E-state index in [2.05, 4.69) is 10.1 Å². The number of alkyl halides is 3. The monoisotopic (exact) mass is 343 g/mol. The number of aryl methyl sites for hydroxylation is 1. The van der Waals surface area contributed by atoms with Gasteiger partial charge in [-0.25, -0.2) is 4.39 Å². The van der Waals surface area contributed by atoms with Gasteiger partial charge < -0.3 is 9.42 Å². The summed E-state index contributed by atoms with van der Waals surface area (Å²) in [4.78, 5) is 17.8. The lowest BCUT2D eigenvalue weighted by molar-refractivity contribution is -0.140. The first kappa shape index (κ1) is 16.4. The minimum atomic E-state index is -4.85. The molecule has 128 valence electrons. The molecule has 1 aliphatic heterocycles. The van der Waals surface area contributed by atoms with Crippen LogP contribution < -0.4 is 0 Å². The van der Waals surface area contributed by atoms with Gasteiger partial charge in [0.2, 0.25) is 5.89 Å². The van der Waals surface area contributed by atoms with Gasteiger partial charge in [0.05, 0.1) is 17.0 Å². The van der Waals surface area contributed by atoms with Crippen LogP contribution in [-0.4, -0.2) is 34.0 Å². The van der Waals surface area contributed by atoms with Crippen molar-refractivity contribution in [2.24, 2.45) is 0 Å². The van der Waals surface area contributed by atoms with Crippen LogP contribution in [0.15, 0.2) is 22.7 Å². The van der Waals surface area contributed by atoms with Crippen LogP contribution in [0.5, 0.6) is 0 Å². The standard InChI is InChI=1S/C15H13F4N3O2/c1-8-20-13(24-21-8)9-5-6-22(7-9)14(23)10-3-2-4-11(12(10)16)15(17,18)19/h2-4,9H,5-7H2,1H3. The fraction of sp³-hybridized carbons (Fsp3) is 0.400. The number of rotatable bonds is 2. The van der Waals surface area contributed by atoms with Crippen LogP contribution in [0.1, 0.15) is 40.0 Å². The van der Waals surface area contributed by atoms with Gasteiger partial charge in [0.1, 0.15) is 5.82 Å². The second kappa shape index (κ2) is 5.88. The summed E-state index contributed by atoms with van der Waals surface area (Å²) in [5.41, 5.74) is -2.04. The van der Waals surface area contributed by atoms with E-state index in [0.29, 0.717) is 24.2 Å². The molecule has 24 heavy (non-hydrogen) atoms. The van der Waals surface area contributed by atoms with Crippen molar-refractivity contribution < 1.29 is 26.9 Å². The Morgan fingerprint density at radius 3 is 2.75 bits per heavy atom. The Hall–Kier alpha value is -2.45. The number of carbonyl (C=O) groups is 1. The van der Waals surface area contributed by atoms with E-state index in [0.717, 1.165) is 12.1 Å². The number of hydrogen-bond acceptors (Lipinski definition) is 4. The van der Waals surface area contributed by atoms with Gasteiger partial charge in [-0.05, 0) is 25.5 Å². The van der Waals surface area contributed by atoms with Gasteiger partial charge in [0, 0.05) is 13.1 Å². The Bertz CT molecular complexity index is 772. The van der Waals surface area contributed by atoms with E-state index < -0.39 is 29.0 Å². The highest BCUT2D eigenvalue weighted by Gasteiger charge is 2.37. The van der Waals surface area contributed by atoms with Crippen molar-refractivity contribution in [2.75, 3.05) is 13.1 Å². The lowest BCUT2D eigenvalue weighted by Crippen LogP contribution is -2.30. The van der Waals surface area contributed by atoms with Crippen LogP contribution in [-0.2, 0) is 6.18 Å². The van der Waals surface area contributed by atoms with Crippen molar-refractivity contribution in [3.8, 4) is 0 Å². The smallest absolute Gasteiger partial charge is 0.339 e. The third-order valence-corrected chi connectivity index (χ3v) is 3.90. The molecule has 0 saturated carbocycles. The summed E-state index contributed by atoms with van der Waals surface area (Å²) in [6.07, 6.45) is -4.33. The van der Waals surface area contributed by atoms with Crippen LogP contribution in [0.25, 0.3) is 0 Å². The second-order valence-corrected chi connectivity index (χ2v) is 5.58. The molecule has 0 N–H and O–H groups in total. The van der Waals surface area contributed by atoms with Crippen molar-refractivity contribution in [1.29, 1.82) is 0 Å². The van der Waals surface area contributed by atoms with Crippen LogP contribution >= 0.6 is 0 Å². The predicted molar refractivity (Wildman–Crippen MR) is 73.7 cm³/mol. The fourth-order valence-electron chi connectivity index (χ4n) is 2.71. The van der Waals surface area contributed by atoms with Gasteiger partial charge in [-0.3, -0.25) is 4.79 Å². The lowest BCUT2D eigenvalue weighted by atomic mass is 10.1. The van der Waals surface area contributed by atoms with Crippen LogP contribution in [0.2, 0.25) is 0 Å². The first-order chi connectivity index (χ1) is 11.3. The lowest BCUT2D eigenvalue weighted by Gasteiger charge is -2.17. The van der Waals surface area contributed by atoms with Crippen LogP contribution in [0.4, 0.5) is 17.6 Å². The summed E-state index contributed by atoms with van der Waals surface area (Å²) in [5.74, 6) is -1.71. The minimum Gasteiger partial charge on any atom is -0.339 e. The molecule has 2 heterocycles. The molecule has 1 atom stereocenters. The number of halogens is 4. The van der Waals surface area contributed by atoms with E-state index in [1.54, 1.807) is 6.92 Å². The van der Waals surface area contributed by atoms with Crippen LogP contribution in [0.3, 0.4) is 0 Å². The zero-order chi connectivity index (χ0) is 17.5. The quantitative estimate of drug-likeness (QED) is 0.786. The molecule has 1 unspecified atom stereocenters. The van der Waals surface area contributed by atoms with E-state index in [1.807, 2.05) is 0 Å². The van der Waals surface area contributed by atoms with Crippen molar-refractivity contribution in [2.45, 2.75) is 25.4 Å². The maximum absolute atomic E-state index is 14.1. The molecule has 1 aromatic carbocycles. The highest BCUT2D eigenvalue weighted by atomic mass is 19.4. The summed E-state index contributed by atoms with van der Waals surface area (Å²) in [5, 5.41) is 3.67. The van der Waals surface area contributed by atoms with E-state index in [9.17, 15) is 22.4 Å². The Kier molecular flexibility index (Phi) is 4.02. The number of aromatic nitrogens is 2. The van der Waals surface area contributed by atoms with Crippen molar-refractivity contribution in [3.63, 3.8) is 0 Å². The Morgan fingerprint density at radius 1 is 1.38 bits per heavy atom. The summed E-state index contributed by atoms with van der Waals surface area (Å²) in [6, 6.07) is 2.69. The molecular weight excluding hydrogens is 330 g/mol. The summed E-state index contributed by atoms with van der Waals surface area (Å²) in [6.45, 7) is 2.12. The number of hydrogen-bond donors (Lipinski definition) is 0. The molecule has 1 aromatic heterocycles. The summed E-state index contributed by atoms with van der Waals surface area (Å²) < 4.78 is 57.4. The number of benzene rings is 1. The van der Waals surface area contributed by atoms with Gasteiger partial charge in [-0.15, -0.1) is 0 Å². The van der Waals surface area contributed by atoms with E-state index in [1.165, 1.54) is 4.90 Å². The number of nitrogens with zero attached hydrogens (tertiary/aromatic N) is 3. The van der Waals surface area contributed by atoms with Gasteiger partial charge >= 0.3 is 6.18 Å². The number of likely N-dealkylation sites (tertiary alicyclic amines) is 1. The molecule has 0 bridgehead atoms. The average molecular weight is 343 g/mol. The van der Waals surface area contributed by atoms with Gasteiger partial charge in [0.25, 0.3) is 5.91 Å². The first-order valence-corrected chi connectivity index (χ1v) is 7.22. The Balaban J connectivity index is 1.81. The Morgan fingerprint density at radius 2 is 2.12 bits per heavy atom. The van der Waals surface area contributed by atoms with Crippen molar-refractivity contribution in [1.82, 2.24) is 15.0 Å². The third kappa shape index (κ3) is 2.98. The molecule has 0 aliphatic carbocycles. The van der Waals surface area contributed by atoms with E-state index in [4.69, 9.17) is 4.52 Å². The topological polar surface area (TPSA) is 59.2 Å². The molecule has 1 saturated heterocycles. The first-order valence-electron chi connectivity index (χ1n) is 7.22. The highest BCUT2D eigenvalue weighted by molar-refractivity contribution is 5.95. The maximum atomic E-state index is 14.1. The minimum absolute atomic E-state index is 0.191. The molecule has 0 spiro atoms. The van der Waals surface area contributed by atoms with Gasteiger partial charge in [-0.1, -0.05) is 11.2 Å². The molecule has 3 rings (SSSR count). The zero-order valence-electron chi connectivity index (χ0n) is 12.6. The zero-order valence-corrected chi connectivity index (χ0v) is 12.6. The average Bonchev–Trinajstić information content (AvgIpc) is 3.14. The molecule has 0 radical (unpaired) electrons. The highest BCUT2D eigenvalue weighted by Crippen LogP contribution is 2.33. The Labute approximate surface area is 134 Å². The summed E-state index contributed by atoms with van der Waals surface area (Å²) in [7, 11) is 0. The number of carbonyl (C=O) groups excluding carboxylic acids is 1. The van der Waals surface area contributed by atoms with Crippen LogP contribution in [0, 0.1) is 12.7 Å². The molecule has 5 nitrogen and oxygen atoms in total. The molecule has 1 fully saturated rings. The molecule has 1 aliphatic rings. The SMILES string of the molecule is Cc1noc(C2CCN(C(=O)c3cccc(C(F)(F)F)c3F)C2)n1. The molecular formula is C15H13F4N3O2. The van der Waals surface area contributed by atoms with E-state index in [-0.39, 0.29) is 19.0 Å². The van der Waals surface area contributed by atoms with Gasteiger partial charge in [-0.2, -0.15) is 18.2 Å². The largest absolute Gasteiger partial charge is 0.419 e. The van der Waals surface area contributed by atoms with Crippen molar-refractivity contribution >= 4 is 5.91 Å². The molecule has 1 amide bonds. The second-order valence-electron chi connectivity index (χ2n) is 5.58. The molecule has 2 aromatic rings.